The third-order valence-corrected chi connectivity index (χ3v) is 8.09. The summed E-state index contributed by atoms with van der Waals surface area (Å²) in [6, 6.07) is 15.9. The van der Waals surface area contributed by atoms with Gasteiger partial charge < -0.3 is 24.8 Å². The highest BCUT2D eigenvalue weighted by Gasteiger charge is 2.56. The first-order valence-corrected chi connectivity index (χ1v) is 14.3. The molecule has 7 nitrogen and oxygen atoms in total. The number of hydrogen-bond donors (Lipinski definition) is 2. The van der Waals surface area contributed by atoms with Crippen molar-refractivity contribution in [3.8, 4) is 11.5 Å². The van der Waals surface area contributed by atoms with Crippen LogP contribution in [0.3, 0.4) is 0 Å². The molecule has 1 aliphatic carbocycles. The van der Waals surface area contributed by atoms with Crippen LogP contribution in [0.5, 0.6) is 11.5 Å². The average Bonchev–Trinajstić information content (AvgIpc) is 3.40. The quantitative estimate of drug-likeness (QED) is 0.210. The largest absolute Gasteiger partial charge is 0.492 e. The molecule has 2 unspecified atom stereocenters. The van der Waals surface area contributed by atoms with E-state index in [1.54, 1.807) is 24.3 Å². The second-order valence-electron chi connectivity index (χ2n) is 12.2. The summed E-state index contributed by atoms with van der Waals surface area (Å²) in [6.07, 6.45) is -0.832. The summed E-state index contributed by atoms with van der Waals surface area (Å²) in [5, 5.41) is 13.1. The lowest BCUT2D eigenvalue weighted by Gasteiger charge is -2.21. The number of benzene rings is 3. The van der Waals surface area contributed by atoms with Gasteiger partial charge in [-0.3, -0.25) is 4.79 Å². The molecule has 236 valence electrons. The molecule has 1 heterocycles. The van der Waals surface area contributed by atoms with Gasteiger partial charge in [0.05, 0.1) is 5.56 Å². The van der Waals surface area contributed by atoms with Gasteiger partial charge in [0.25, 0.3) is 5.91 Å². The van der Waals surface area contributed by atoms with Crippen molar-refractivity contribution in [2.45, 2.75) is 44.8 Å². The zero-order valence-electron chi connectivity index (χ0n) is 24.7. The number of fused-ring (bicyclic) bond motifs is 1. The van der Waals surface area contributed by atoms with Gasteiger partial charge in [0, 0.05) is 38.2 Å². The highest BCUT2D eigenvalue weighted by Crippen LogP contribution is 2.45. The van der Waals surface area contributed by atoms with E-state index in [0.717, 1.165) is 11.1 Å². The summed E-state index contributed by atoms with van der Waals surface area (Å²) in [5.41, 5.74) is 1.47. The van der Waals surface area contributed by atoms with Crippen molar-refractivity contribution in [2.75, 3.05) is 26.2 Å². The number of aliphatic carboxylic acids is 1. The fourth-order valence-electron chi connectivity index (χ4n) is 5.56. The number of hydrogen-bond acceptors (Lipinski definition) is 5. The van der Waals surface area contributed by atoms with Crippen LogP contribution in [0.1, 0.15) is 42.3 Å². The minimum atomic E-state index is -1.32. The monoisotopic (exact) mass is 632 g/mol. The summed E-state index contributed by atoms with van der Waals surface area (Å²) < 4.78 is 52.3. The Morgan fingerprint density at radius 2 is 1.52 bits per heavy atom. The number of carbonyl (C=O) groups is 2. The van der Waals surface area contributed by atoms with Gasteiger partial charge in [-0.1, -0.05) is 45.0 Å². The van der Waals surface area contributed by atoms with E-state index in [4.69, 9.17) is 9.47 Å². The molecule has 4 atom stereocenters. The highest BCUT2D eigenvalue weighted by atomic mass is 35.5. The van der Waals surface area contributed by atoms with Gasteiger partial charge in [-0.25, -0.2) is 18.0 Å². The molecule has 5 rings (SSSR count). The van der Waals surface area contributed by atoms with Crippen LogP contribution >= 0.6 is 12.4 Å². The summed E-state index contributed by atoms with van der Waals surface area (Å²) in [4.78, 5) is 25.9. The Labute approximate surface area is 260 Å². The standard InChI is InChI=1S/C33H35F3N2O5.ClH/c1-33(2,3)20-6-10-22(11-7-20)43-29(32(40)41)14-19-4-8-21(9-5-19)42-13-12-37-30-24-17-38(18-25(24)30)31(39)23-15-27(35)28(36)16-26(23)34;/h4-11,15-16,24-25,29-30,37H,12-14,17-18H2,1-3H3,(H,40,41);1H/t24-,25?,29-,30?;/m0./s1. The number of carbonyl (C=O) groups excluding carboxylic acids is 1. The van der Waals surface area contributed by atoms with E-state index in [9.17, 15) is 27.9 Å². The van der Waals surface area contributed by atoms with Gasteiger partial charge in [0.1, 0.15) is 23.9 Å². The molecule has 1 aliphatic heterocycles. The number of halogens is 4. The number of rotatable bonds is 11. The summed E-state index contributed by atoms with van der Waals surface area (Å²) in [6.45, 7) is 8.15. The topological polar surface area (TPSA) is 88.1 Å². The minimum absolute atomic E-state index is 0. The maximum atomic E-state index is 14.0. The number of carboxylic acid groups (broad SMARTS) is 1. The zero-order valence-corrected chi connectivity index (χ0v) is 25.5. The van der Waals surface area contributed by atoms with Crippen LogP contribution in [0.4, 0.5) is 13.2 Å². The van der Waals surface area contributed by atoms with Gasteiger partial charge >= 0.3 is 5.97 Å². The molecule has 11 heteroatoms. The third-order valence-electron chi connectivity index (χ3n) is 8.09. The molecular weight excluding hydrogens is 597 g/mol. The number of piperidine rings is 1. The van der Waals surface area contributed by atoms with E-state index < -0.39 is 41.0 Å². The van der Waals surface area contributed by atoms with E-state index in [-0.39, 0.29) is 42.1 Å². The first-order chi connectivity index (χ1) is 20.4. The molecule has 1 amide bonds. The number of nitrogens with zero attached hydrogens (tertiary/aromatic N) is 1. The molecule has 1 saturated carbocycles. The normalized spacial score (nSPS) is 19.5. The van der Waals surface area contributed by atoms with Crippen molar-refractivity contribution in [3.63, 3.8) is 0 Å². The second kappa shape index (κ2) is 13.5. The van der Waals surface area contributed by atoms with E-state index >= 15 is 0 Å². The molecule has 0 radical (unpaired) electrons. The summed E-state index contributed by atoms with van der Waals surface area (Å²) in [7, 11) is 0. The number of carboxylic acids is 1. The first kappa shape index (κ1) is 33.1. The predicted molar refractivity (Wildman–Crippen MR) is 161 cm³/mol. The van der Waals surface area contributed by atoms with E-state index in [0.29, 0.717) is 49.9 Å². The Bertz CT molecular complexity index is 1470. The average molecular weight is 633 g/mol. The van der Waals surface area contributed by atoms with Crippen molar-refractivity contribution in [1.82, 2.24) is 10.2 Å². The van der Waals surface area contributed by atoms with Gasteiger partial charge in [0.15, 0.2) is 17.7 Å². The number of ether oxygens (including phenoxy) is 2. The van der Waals surface area contributed by atoms with Crippen LogP contribution in [0.2, 0.25) is 0 Å². The van der Waals surface area contributed by atoms with Crippen LogP contribution in [0.25, 0.3) is 0 Å². The van der Waals surface area contributed by atoms with E-state index in [2.05, 4.69) is 26.1 Å². The van der Waals surface area contributed by atoms with Crippen LogP contribution in [0.15, 0.2) is 60.7 Å². The van der Waals surface area contributed by atoms with Gasteiger partial charge in [0.2, 0.25) is 0 Å². The Kier molecular flexibility index (Phi) is 10.2. The Morgan fingerprint density at radius 1 is 0.932 bits per heavy atom. The Hall–Kier alpha value is -3.76. The van der Waals surface area contributed by atoms with Gasteiger partial charge in [-0.15, -0.1) is 12.4 Å². The molecule has 2 fully saturated rings. The lowest BCUT2D eigenvalue weighted by Crippen LogP contribution is -2.37. The molecule has 2 N–H and O–H groups in total. The number of amides is 1. The van der Waals surface area contributed by atoms with Crippen molar-refractivity contribution >= 4 is 24.3 Å². The molecule has 2 aliphatic rings. The molecular formula is C33H36ClF3N2O5. The molecule has 1 saturated heterocycles. The van der Waals surface area contributed by atoms with Crippen LogP contribution < -0.4 is 14.8 Å². The lowest BCUT2D eigenvalue weighted by atomic mass is 9.87. The van der Waals surface area contributed by atoms with E-state index in [1.165, 1.54) is 4.90 Å². The molecule has 3 aromatic rings. The lowest BCUT2D eigenvalue weighted by molar-refractivity contribution is -0.145. The fourth-order valence-corrected chi connectivity index (χ4v) is 5.56. The maximum absolute atomic E-state index is 14.0. The van der Waals surface area contributed by atoms with Crippen LogP contribution in [-0.2, 0) is 16.6 Å². The SMILES string of the molecule is CC(C)(C)c1ccc(O[C@@H](Cc2ccc(OCCNC3C4CN(C(=O)c5cc(F)c(F)cc5F)C[C@@H]43)cc2)C(=O)O)cc1.Cl. The molecule has 44 heavy (non-hydrogen) atoms. The molecule has 3 aromatic carbocycles. The van der Waals surface area contributed by atoms with Gasteiger partial charge in [-0.05, 0) is 58.7 Å². The van der Waals surface area contributed by atoms with Crippen molar-refractivity contribution in [3.05, 3.63) is 94.8 Å². The van der Waals surface area contributed by atoms with Crippen LogP contribution in [-0.4, -0.2) is 60.3 Å². The predicted octanol–water partition coefficient (Wildman–Crippen LogP) is 5.64. The minimum Gasteiger partial charge on any atom is -0.492 e. The van der Waals surface area contributed by atoms with Crippen molar-refractivity contribution in [2.24, 2.45) is 11.8 Å². The first-order valence-electron chi connectivity index (χ1n) is 14.3. The second-order valence-corrected chi connectivity index (χ2v) is 12.2. The molecule has 0 spiro atoms. The van der Waals surface area contributed by atoms with Crippen molar-refractivity contribution in [1.29, 1.82) is 0 Å². The Balaban J connectivity index is 0.00000442. The number of likely N-dealkylation sites (tertiary alicyclic amines) is 1. The number of nitrogens with one attached hydrogen (secondary N) is 1. The molecule has 0 bridgehead atoms. The van der Waals surface area contributed by atoms with Crippen molar-refractivity contribution < 1.29 is 37.3 Å². The fraction of sp³-hybridized carbons (Fsp3) is 0.394. The summed E-state index contributed by atoms with van der Waals surface area (Å²) in [5.74, 6) is -3.72. The zero-order chi connectivity index (χ0) is 30.9. The molecule has 0 aromatic heterocycles. The van der Waals surface area contributed by atoms with E-state index in [1.807, 2.05) is 24.3 Å². The summed E-state index contributed by atoms with van der Waals surface area (Å²) >= 11 is 0. The maximum Gasteiger partial charge on any atom is 0.345 e. The highest BCUT2D eigenvalue weighted by molar-refractivity contribution is 5.94. The smallest absolute Gasteiger partial charge is 0.345 e. The third kappa shape index (κ3) is 7.65. The Morgan fingerprint density at radius 3 is 2.11 bits per heavy atom. The van der Waals surface area contributed by atoms with Gasteiger partial charge in [-0.2, -0.15) is 0 Å². The van der Waals surface area contributed by atoms with Crippen LogP contribution in [0, 0.1) is 29.3 Å².